The number of hydrogen-bond acceptors (Lipinski definition) is 0. The zero-order valence-electron chi connectivity index (χ0n) is 19.2. The van der Waals surface area contributed by atoms with Crippen LogP contribution in [-0.2, 0) is 0 Å². The van der Waals surface area contributed by atoms with Gasteiger partial charge in [0, 0.05) is 0 Å². The smallest absolute Gasteiger partial charge is 0.146 e. The molecule has 0 N–H and O–H groups in total. The fraction of sp³-hybridized carbons (Fsp3) is 1.00. The van der Waals surface area contributed by atoms with Gasteiger partial charge < -0.3 is 0 Å². The van der Waals surface area contributed by atoms with Gasteiger partial charge >= 0.3 is 6.00 Å². The summed E-state index contributed by atoms with van der Waals surface area (Å²) in [6.07, 6.45) is 16.7. The standard InChI is InChI=1S/C14H28Cl2Si.C8H17Cl3Si/c1-3-5-9-13(4-2)12-17(15,16)14-10-7-6-8-11-14;1-3-5-6-8(4-2)7-12(9,10)11/h13-14H,3-12H2,1-2H3;8H,3-7H2,1-2H3. The number of unbranched alkanes of at least 4 members (excludes halogenated alkanes) is 2. The van der Waals surface area contributed by atoms with Crippen molar-refractivity contribution in [1.82, 2.24) is 0 Å². The second-order valence-corrected chi connectivity index (χ2v) is 25.5. The first-order valence-corrected chi connectivity index (χ1v) is 21.6. The van der Waals surface area contributed by atoms with Gasteiger partial charge in [0.2, 0.25) is 0 Å². The normalized spacial score (nSPS) is 18.1. The van der Waals surface area contributed by atoms with E-state index in [2.05, 4.69) is 27.7 Å². The van der Waals surface area contributed by atoms with Gasteiger partial charge in [-0.3, -0.25) is 0 Å². The van der Waals surface area contributed by atoms with E-state index < -0.39 is 12.7 Å². The van der Waals surface area contributed by atoms with E-state index in [1.807, 2.05) is 0 Å². The van der Waals surface area contributed by atoms with Crippen LogP contribution in [0.15, 0.2) is 0 Å². The van der Waals surface area contributed by atoms with Crippen LogP contribution in [0.5, 0.6) is 0 Å². The highest BCUT2D eigenvalue weighted by Gasteiger charge is 2.40. The molecule has 7 heteroatoms. The average molecular weight is 543 g/mol. The highest BCUT2D eigenvalue weighted by atomic mass is 35.8. The van der Waals surface area contributed by atoms with Gasteiger partial charge in [0.25, 0.3) is 6.69 Å². The quantitative estimate of drug-likeness (QED) is 0.160. The van der Waals surface area contributed by atoms with E-state index in [0.29, 0.717) is 11.5 Å². The molecule has 2 unspecified atom stereocenters. The molecule has 0 nitrogen and oxygen atoms in total. The van der Waals surface area contributed by atoms with E-state index in [4.69, 9.17) is 55.4 Å². The van der Waals surface area contributed by atoms with Crippen molar-refractivity contribution < 1.29 is 0 Å². The van der Waals surface area contributed by atoms with Crippen LogP contribution in [0.4, 0.5) is 0 Å². The molecule has 0 amide bonds. The first-order valence-electron chi connectivity index (χ1n) is 12.0. The summed E-state index contributed by atoms with van der Waals surface area (Å²) in [4.78, 5) is 0. The largest absolute Gasteiger partial charge is 0.341 e. The molecular formula is C22H45Cl5Si2. The Morgan fingerprint density at radius 3 is 1.52 bits per heavy atom. The molecule has 0 radical (unpaired) electrons. The summed E-state index contributed by atoms with van der Waals surface area (Å²) in [5, 5.41) is 0. The second kappa shape index (κ2) is 17.4. The Bertz CT molecular complexity index is 382. The van der Waals surface area contributed by atoms with Crippen LogP contribution in [0.2, 0.25) is 17.6 Å². The van der Waals surface area contributed by atoms with Crippen LogP contribution in [0, 0.1) is 11.8 Å². The predicted octanol–water partition coefficient (Wildman–Crippen LogP) is 11.3. The maximum atomic E-state index is 6.77. The van der Waals surface area contributed by atoms with Crippen molar-refractivity contribution >= 4 is 68.1 Å². The second-order valence-electron chi connectivity index (χ2n) is 8.95. The minimum atomic E-state index is -2.37. The van der Waals surface area contributed by atoms with Gasteiger partial charge in [0.15, 0.2) is 0 Å². The third kappa shape index (κ3) is 16.2. The summed E-state index contributed by atoms with van der Waals surface area (Å²) in [6.45, 7) is 6.93. The summed E-state index contributed by atoms with van der Waals surface area (Å²) in [7, 11) is 0. The summed E-state index contributed by atoms with van der Waals surface area (Å²) in [5.74, 6) is 1.41. The summed E-state index contributed by atoms with van der Waals surface area (Å²) in [5.41, 5.74) is 0.676. The van der Waals surface area contributed by atoms with Gasteiger partial charge in [-0.05, 0) is 29.5 Å². The Balaban J connectivity index is 0.000000578. The number of rotatable bonds is 13. The molecule has 0 aromatic carbocycles. The zero-order valence-corrected chi connectivity index (χ0v) is 25.0. The first kappa shape index (κ1) is 30.9. The third-order valence-electron chi connectivity index (χ3n) is 6.37. The first-order chi connectivity index (χ1) is 13.6. The minimum absolute atomic E-state index is 0.629. The molecular weight excluding hydrogens is 498 g/mol. The summed E-state index contributed by atoms with van der Waals surface area (Å²) < 4.78 is 0. The molecule has 1 saturated carbocycles. The van der Waals surface area contributed by atoms with Gasteiger partial charge in [-0.15, -0.1) is 55.4 Å². The molecule has 0 bridgehead atoms. The van der Waals surface area contributed by atoms with Crippen molar-refractivity contribution in [3.63, 3.8) is 0 Å². The molecule has 1 fully saturated rings. The molecule has 1 rings (SSSR count). The van der Waals surface area contributed by atoms with E-state index in [1.54, 1.807) is 0 Å². The van der Waals surface area contributed by atoms with Gasteiger partial charge in [0.05, 0.1) is 0 Å². The van der Waals surface area contributed by atoms with Crippen molar-refractivity contribution in [3.05, 3.63) is 0 Å². The van der Waals surface area contributed by atoms with Crippen molar-refractivity contribution in [3.8, 4) is 0 Å². The lowest BCUT2D eigenvalue weighted by molar-refractivity contribution is 0.468. The van der Waals surface area contributed by atoms with Crippen LogP contribution in [0.25, 0.3) is 0 Å². The van der Waals surface area contributed by atoms with E-state index >= 15 is 0 Å². The molecule has 176 valence electrons. The van der Waals surface area contributed by atoms with Gasteiger partial charge in [-0.25, -0.2) is 0 Å². The van der Waals surface area contributed by atoms with E-state index in [9.17, 15) is 0 Å². The van der Waals surface area contributed by atoms with Crippen LogP contribution >= 0.6 is 55.4 Å². The van der Waals surface area contributed by atoms with E-state index in [0.717, 1.165) is 24.4 Å². The maximum Gasteiger partial charge on any atom is 0.341 e. The summed E-state index contributed by atoms with van der Waals surface area (Å²) >= 11 is 31.1. The highest BCUT2D eigenvalue weighted by molar-refractivity contribution is 7.64. The van der Waals surface area contributed by atoms with Crippen molar-refractivity contribution in [1.29, 1.82) is 0 Å². The number of hydrogen-bond donors (Lipinski definition) is 0. The van der Waals surface area contributed by atoms with Crippen molar-refractivity contribution in [2.24, 2.45) is 11.8 Å². The average Bonchev–Trinajstić information content (AvgIpc) is 2.68. The Kier molecular flexibility index (Phi) is 18.5. The third-order valence-corrected chi connectivity index (χ3v) is 14.5. The molecule has 2 atom stereocenters. The molecule has 1 aliphatic rings. The minimum Gasteiger partial charge on any atom is -0.146 e. The Morgan fingerprint density at radius 1 is 0.690 bits per heavy atom. The molecule has 1 aliphatic carbocycles. The summed E-state index contributed by atoms with van der Waals surface area (Å²) in [6, 6.07) is -0.411. The van der Waals surface area contributed by atoms with E-state index in [-0.39, 0.29) is 0 Å². The topological polar surface area (TPSA) is 0 Å². The van der Waals surface area contributed by atoms with Gasteiger partial charge in [-0.1, -0.05) is 111 Å². The van der Waals surface area contributed by atoms with Crippen LogP contribution in [-0.4, -0.2) is 12.7 Å². The van der Waals surface area contributed by atoms with Gasteiger partial charge in [0.1, 0.15) is 0 Å². The fourth-order valence-electron chi connectivity index (χ4n) is 4.29. The molecule has 0 aromatic heterocycles. The molecule has 29 heavy (non-hydrogen) atoms. The van der Waals surface area contributed by atoms with Gasteiger partial charge in [-0.2, -0.15) is 0 Å². The highest BCUT2D eigenvalue weighted by Crippen LogP contribution is 2.46. The van der Waals surface area contributed by atoms with E-state index in [1.165, 1.54) is 77.0 Å². The van der Waals surface area contributed by atoms with Crippen molar-refractivity contribution in [2.75, 3.05) is 0 Å². The van der Waals surface area contributed by atoms with Crippen LogP contribution in [0.3, 0.4) is 0 Å². The molecule has 0 spiro atoms. The lowest BCUT2D eigenvalue weighted by atomic mass is 10.00. The molecule has 0 aromatic rings. The molecule has 0 aliphatic heterocycles. The SMILES string of the molecule is CCCCC(CC)C[Si](Cl)(Cl)C1CCCCC1.CCCCC(CC)C[Si](Cl)(Cl)Cl. The van der Waals surface area contributed by atoms with Crippen LogP contribution in [0.1, 0.15) is 111 Å². The zero-order chi connectivity index (χ0) is 22.3. The van der Waals surface area contributed by atoms with Crippen molar-refractivity contribution in [2.45, 2.75) is 129 Å². The monoisotopic (exact) mass is 540 g/mol. The fourth-order valence-corrected chi connectivity index (χ4v) is 12.9. The molecule has 0 saturated heterocycles. The lowest BCUT2D eigenvalue weighted by Crippen LogP contribution is -2.31. The number of halogens is 5. The lowest BCUT2D eigenvalue weighted by Gasteiger charge is -2.33. The Labute approximate surface area is 207 Å². The Morgan fingerprint density at radius 2 is 1.14 bits per heavy atom. The van der Waals surface area contributed by atoms with Crippen LogP contribution < -0.4 is 0 Å². The predicted molar refractivity (Wildman–Crippen MR) is 144 cm³/mol. The maximum absolute atomic E-state index is 6.77. The Hall–Kier alpha value is 1.88. The molecule has 0 heterocycles.